The molecular weight excluding hydrogens is 333 g/mol. The van der Waals surface area contributed by atoms with Gasteiger partial charge in [0.2, 0.25) is 0 Å². The highest BCUT2D eigenvalue weighted by molar-refractivity contribution is 9.10. The summed E-state index contributed by atoms with van der Waals surface area (Å²) in [6.45, 7) is 6.56. The van der Waals surface area contributed by atoms with Crippen LogP contribution >= 0.6 is 15.9 Å². The van der Waals surface area contributed by atoms with Crippen LogP contribution in [0.5, 0.6) is 5.75 Å². The third-order valence-electron chi connectivity index (χ3n) is 3.40. The lowest BCUT2D eigenvalue weighted by Gasteiger charge is -2.16. The minimum atomic E-state index is -0.273. The first-order valence-electron chi connectivity index (χ1n) is 6.85. The Morgan fingerprint density at radius 3 is 2.57 bits per heavy atom. The van der Waals surface area contributed by atoms with Crippen LogP contribution in [0.25, 0.3) is 0 Å². The van der Waals surface area contributed by atoms with Crippen molar-refractivity contribution in [2.75, 3.05) is 5.73 Å². The second-order valence-electron chi connectivity index (χ2n) is 5.44. The van der Waals surface area contributed by atoms with Crippen molar-refractivity contribution >= 4 is 21.6 Å². The van der Waals surface area contributed by atoms with E-state index < -0.39 is 0 Å². The summed E-state index contributed by atoms with van der Waals surface area (Å²) < 4.78 is 19.6. The minimum Gasteiger partial charge on any atom is -0.489 e. The van der Waals surface area contributed by atoms with Gasteiger partial charge in [-0.3, -0.25) is 0 Å². The lowest BCUT2D eigenvalue weighted by Crippen LogP contribution is -2.02. The topological polar surface area (TPSA) is 35.2 Å². The van der Waals surface area contributed by atoms with Gasteiger partial charge in [-0.1, -0.05) is 19.9 Å². The molecular formula is C17H19BrFNO. The van der Waals surface area contributed by atoms with Crippen LogP contribution in [-0.2, 0) is 6.61 Å². The molecule has 0 saturated carbocycles. The smallest absolute Gasteiger partial charge is 0.137 e. The molecule has 0 aromatic heterocycles. The predicted molar refractivity (Wildman–Crippen MR) is 88.1 cm³/mol. The molecule has 2 aromatic carbocycles. The van der Waals surface area contributed by atoms with Crippen molar-refractivity contribution in [3.05, 3.63) is 57.3 Å². The van der Waals surface area contributed by atoms with E-state index in [0.29, 0.717) is 17.0 Å². The number of rotatable bonds is 4. The first-order valence-corrected chi connectivity index (χ1v) is 7.64. The normalized spacial score (nSPS) is 11.0. The lowest BCUT2D eigenvalue weighted by atomic mass is 9.99. The van der Waals surface area contributed by atoms with Gasteiger partial charge in [0.1, 0.15) is 18.2 Å². The Balaban J connectivity index is 2.22. The molecule has 21 heavy (non-hydrogen) atoms. The van der Waals surface area contributed by atoms with Gasteiger partial charge in [-0.05, 0) is 69.7 Å². The van der Waals surface area contributed by atoms with Gasteiger partial charge in [0.05, 0.1) is 4.47 Å². The summed E-state index contributed by atoms with van der Waals surface area (Å²) in [7, 11) is 0. The predicted octanol–water partition coefficient (Wildman–Crippen LogP) is 5.18. The number of hydrogen-bond acceptors (Lipinski definition) is 2. The number of nitrogen functional groups attached to an aromatic ring is 1. The largest absolute Gasteiger partial charge is 0.489 e. The molecule has 2 aromatic rings. The Hall–Kier alpha value is -1.55. The standard InChI is InChI=1S/C17H19BrFNO/c1-10(2)13-8-16(20)11(3)6-17(13)21-9-12-4-5-15(19)14(18)7-12/h4-8,10H,9,20H2,1-3H3. The van der Waals surface area contributed by atoms with Gasteiger partial charge in [-0.25, -0.2) is 4.39 Å². The summed E-state index contributed by atoms with van der Waals surface area (Å²) in [6.07, 6.45) is 0. The van der Waals surface area contributed by atoms with Crippen LogP contribution in [0.1, 0.15) is 36.5 Å². The average molecular weight is 352 g/mol. The molecule has 0 amide bonds. The monoisotopic (exact) mass is 351 g/mol. The molecule has 0 fully saturated rings. The molecule has 0 radical (unpaired) electrons. The third-order valence-corrected chi connectivity index (χ3v) is 4.01. The van der Waals surface area contributed by atoms with Crippen LogP contribution in [0.4, 0.5) is 10.1 Å². The second kappa shape index (κ2) is 6.48. The van der Waals surface area contributed by atoms with Crippen LogP contribution < -0.4 is 10.5 Å². The van der Waals surface area contributed by atoms with Gasteiger partial charge >= 0.3 is 0 Å². The molecule has 0 aliphatic rings. The summed E-state index contributed by atoms with van der Waals surface area (Å²) in [5.74, 6) is 0.880. The van der Waals surface area contributed by atoms with Crippen molar-refractivity contribution in [3.63, 3.8) is 0 Å². The highest BCUT2D eigenvalue weighted by atomic mass is 79.9. The molecule has 2 nitrogen and oxygen atoms in total. The molecule has 0 aliphatic heterocycles. The van der Waals surface area contributed by atoms with E-state index in [1.165, 1.54) is 6.07 Å². The molecule has 0 saturated heterocycles. The molecule has 112 valence electrons. The van der Waals surface area contributed by atoms with Crippen LogP contribution in [0.2, 0.25) is 0 Å². The first-order chi connectivity index (χ1) is 9.88. The van der Waals surface area contributed by atoms with Crippen LogP contribution in [-0.4, -0.2) is 0 Å². The van der Waals surface area contributed by atoms with E-state index in [4.69, 9.17) is 10.5 Å². The lowest BCUT2D eigenvalue weighted by molar-refractivity contribution is 0.301. The summed E-state index contributed by atoms with van der Waals surface area (Å²) in [4.78, 5) is 0. The van der Waals surface area contributed by atoms with E-state index in [1.54, 1.807) is 12.1 Å². The fraction of sp³-hybridized carbons (Fsp3) is 0.294. The molecule has 2 N–H and O–H groups in total. The average Bonchev–Trinajstić information content (AvgIpc) is 2.43. The van der Waals surface area contributed by atoms with Crippen LogP contribution in [0.3, 0.4) is 0 Å². The van der Waals surface area contributed by atoms with Crippen molar-refractivity contribution in [2.45, 2.75) is 33.3 Å². The molecule has 0 atom stereocenters. The molecule has 0 unspecified atom stereocenters. The Labute approximate surface area is 133 Å². The number of benzene rings is 2. The van der Waals surface area contributed by atoms with Crippen LogP contribution in [0, 0.1) is 12.7 Å². The number of aryl methyl sites for hydroxylation is 1. The molecule has 0 bridgehead atoms. The third kappa shape index (κ3) is 3.76. The minimum absolute atomic E-state index is 0.273. The van der Waals surface area contributed by atoms with E-state index in [0.717, 1.165) is 28.1 Å². The molecule has 0 spiro atoms. The molecule has 2 rings (SSSR count). The zero-order valence-electron chi connectivity index (χ0n) is 12.4. The number of halogens is 2. The summed E-state index contributed by atoms with van der Waals surface area (Å²) in [6, 6.07) is 8.81. The zero-order valence-corrected chi connectivity index (χ0v) is 14.0. The van der Waals surface area contributed by atoms with E-state index in [1.807, 2.05) is 19.1 Å². The number of hydrogen-bond donors (Lipinski definition) is 1. The number of ether oxygens (including phenoxy) is 1. The molecule has 4 heteroatoms. The van der Waals surface area contributed by atoms with Gasteiger partial charge in [-0.2, -0.15) is 0 Å². The van der Waals surface area contributed by atoms with Crippen molar-refractivity contribution in [1.29, 1.82) is 0 Å². The molecule has 0 heterocycles. The second-order valence-corrected chi connectivity index (χ2v) is 6.29. The molecule has 0 aliphatic carbocycles. The van der Waals surface area contributed by atoms with Gasteiger partial charge < -0.3 is 10.5 Å². The summed E-state index contributed by atoms with van der Waals surface area (Å²) in [5, 5.41) is 0. The fourth-order valence-electron chi connectivity index (χ4n) is 2.08. The van der Waals surface area contributed by atoms with E-state index >= 15 is 0 Å². The van der Waals surface area contributed by atoms with E-state index in [-0.39, 0.29) is 5.82 Å². The fourth-order valence-corrected chi connectivity index (χ4v) is 2.51. The Morgan fingerprint density at radius 2 is 1.95 bits per heavy atom. The Kier molecular flexibility index (Phi) is 4.88. The summed E-state index contributed by atoms with van der Waals surface area (Å²) >= 11 is 3.18. The van der Waals surface area contributed by atoms with E-state index in [9.17, 15) is 4.39 Å². The van der Waals surface area contributed by atoms with Crippen molar-refractivity contribution in [1.82, 2.24) is 0 Å². The van der Waals surface area contributed by atoms with E-state index in [2.05, 4.69) is 29.8 Å². The first kappa shape index (κ1) is 15.8. The van der Waals surface area contributed by atoms with Gasteiger partial charge in [0, 0.05) is 5.69 Å². The van der Waals surface area contributed by atoms with Gasteiger partial charge in [-0.15, -0.1) is 0 Å². The Bertz CT molecular complexity index is 655. The summed E-state index contributed by atoms with van der Waals surface area (Å²) in [5.41, 5.74) is 9.73. The highest BCUT2D eigenvalue weighted by Crippen LogP contribution is 2.31. The number of nitrogens with two attached hydrogens (primary N) is 1. The van der Waals surface area contributed by atoms with Crippen molar-refractivity contribution < 1.29 is 9.13 Å². The highest BCUT2D eigenvalue weighted by Gasteiger charge is 2.11. The zero-order chi connectivity index (χ0) is 15.6. The van der Waals surface area contributed by atoms with Crippen molar-refractivity contribution in [2.24, 2.45) is 0 Å². The maximum Gasteiger partial charge on any atom is 0.137 e. The van der Waals surface area contributed by atoms with Crippen molar-refractivity contribution in [3.8, 4) is 5.75 Å². The Morgan fingerprint density at radius 1 is 1.24 bits per heavy atom. The SMILES string of the molecule is Cc1cc(OCc2ccc(F)c(Br)c2)c(C(C)C)cc1N. The maximum atomic E-state index is 13.2. The van der Waals surface area contributed by atoms with Gasteiger partial charge in [0.25, 0.3) is 0 Å². The van der Waals surface area contributed by atoms with Gasteiger partial charge in [0.15, 0.2) is 0 Å². The number of anilines is 1. The maximum absolute atomic E-state index is 13.2. The quantitative estimate of drug-likeness (QED) is 0.770. The van der Waals surface area contributed by atoms with Crippen LogP contribution in [0.15, 0.2) is 34.8 Å².